The van der Waals surface area contributed by atoms with Crippen molar-refractivity contribution in [2.24, 2.45) is 0 Å². The van der Waals surface area contributed by atoms with Crippen molar-refractivity contribution < 1.29 is 9.53 Å². The first-order valence-corrected chi connectivity index (χ1v) is 10.0. The number of carbonyl (C=O) groups is 1. The number of rotatable bonds is 3. The van der Waals surface area contributed by atoms with Crippen LogP contribution >= 0.6 is 0 Å². The second-order valence-corrected chi connectivity index (χ2v) is 7.94. The van der Waals surface area contributed by atoms with Gasteiger partial charge in [0.15, 0.2) is 0 Å². The van der Waals surface area contributed by atoms with Gasteiger partial charge in [0.1, 0.15) is 0 Å². The molecule has 0 N–H and O–H groups in total. The number of fused-ring (bicyclic) bond motifs is 1. The van der Waals surface area contributed by atoms with Gasteiger partial charge in [-0.1, -0.05) is 12.1 Å². The largest absolute Gasteiger partial charge is 0.377 e. The topological polar surface area (TPSA) is 45.7 Å². The first-order chi connectivity index (χ1) is 13.0. The van der Waals surface area contributed by atoms with Crippen LogP contribution in [0.2, 0.25) is 0 Å². The standard InChI is InChI=1S/C22H29N3O2/c1-15-6-7-19-20(13-16(2)23-21(19)17(15)3)22(26)25-10-8-24(9-11-25)14-18-5-4-12-27-18/h6-7,13,18H,4-5,8-12,14H2,1-3H3/t18-/m1/s1. The molecule has 1 atom stereocenters. The van der Waals surface area contributed by atoms with Gasteiger partial charge in [-0.05, 0) is 50.8 Å². The summed E-state index contributed by atoms with van der Waals surface area (Å²) >= 11 is 0. The second kappa shape index (κ2) is 7.56. The zero-order valence-corrected chi connectivity index (χ0v) is 16.6. The Kier molecular flexibility index (Phi) is 5.15. The van der Waals surface area contributed by atoms with Gasteiger partial charge in [0.25, 0.3) is 5.91 Å². The maximum atomic E-state index is 13.3. The molecule has 2 aromatic rings. The number of aryl methyl sites for hydroxylation is 3. The van der Waals surface area contributed by atoms with Crippen LogP contribution in [0.15, 0.2) is 18.2 Å². The predicted molar refractivity (Wildman–Crippen MR) is 107 cm³/mol. The third-order valence-electron chi connectivity index (χ3n) is 6.01. The molecule has 5 nitrogen and oxygen atoms in total. The molecule has 1 aromatic carbocycles. The molecule has 2 aliphatic heterocycles. The van der Waals surface area contributed by atoms with E-state index < -0.39 is 0 Å². The predicted octanol–water partition coefficient (Wildman–Crippen LogP) is 3.10. The number of hydrogen-bond acceptors (Lipinski definition) is 4. The Morgan fingerprint density at radius 3 is 2.67 bits per heavy atom. The van der Waals surface area contributed by atoms with Crippen LogP contribution in [0.5, 0.6) is 0 Å². The maximum absolute atomic E-state index is 13.3. The van der Waals surface area contributed by atoms with E-state index in [-0.39, 0.29) is 5.91 Å². The summed E-state index contributed by atoms with van der Waals surface area (Å²) in [6.07, 6.45) is 2.72. The normalized spacial score (nSPS) is 21.1. The summed E-state index contributed by atoms with van der Waals surface area (Å²) in [6, 6.07) is 6.08. The average molecular weight is 367 g/mol. The van der Waals surface area contributed by atoms with E-state index in [1.807, 2.05) is 24.0 Å². The van der Waals surface area contributed by atoms with Crippen LogP contribution in [-0.4, -0.2) is 66.1 Å². The molecule has 0 unspecified atom stereocenters. The van der Waals surface area contributed by atoms with Crippen LogP contribution in [0.1, 0.15) is 40.0 Å². The molecule has 1 aromatic heterocycles. The molecule has 0 spiro atoms. The van der Waals surface area contributed by atoms with Crippen molar-refractivity contribution in [1.29, 1.82) is 0 Å². The van der Waals surface area contributed by atoms with E-state index >= 15 is 0 Å². The molecule has 0 aliphatic carbocycles. The molecule has 3 heterocycles. The molecule has 2 fully saturated rings. The zero-order valence-electron chi connectivity index (χ0n) is 16.6. The summed E-state index contributed by atoms with van der Waals surface area (Å²) in [5, 5.41) is 0.968. The molecule has 144 valence electrons. The summed E-state index contributed by atoms with van der Waals surface area (Å²) in [7, 11) is 0. The molecule has 27 heavy (non-hydrogen) atoms. The van der Waals surface area contributed by atoms with Crippen LogP contribution in [-0.2, 0) is 4.74 Å². The molecule has 0 radical (unpaired) electrons. The summed E-state index contributed by atoms with van der Waals surface area (Å²) < 4.78 is 5.75. The average Bonchev–Trinajstić information content (AvgIpc) is 3.17. The number of pyridine rings is 1. The summed E-state index contributed by atoms with van der Waals surface area (Å²) in [5.74, 6) is 0.130. The quantitative estimate of drug-likeness (QED) is 0.836. The molecule has 0 saturated carbocycles. The Labute approximate surface area is 161 Å². The molecule has 5 heteroatoms. The van der Waals surface area contributed by atoms with Crippen LogP contribution in [0.4, 0.5) is 0 Å². The Bertz CT molecular complexity index is 850. The number of nitrogens with zero attached hydrogens (tertiary/aromatic N) is 3. The molecule has 4 rings (SSSR count). The number of piperazine rings is 1. The highest BCUT2D eigenvalue weighted by Crippen LogP contribution is 2.25. The number of benzene rings is 1. The Morgan fingerprint density at radius 1 is 1.19 bits per heavy atom. The number of aromatic nitrogens is 1. The summed E-state index contributed by atoms with van der Waals surface area (Å²) in [5.41, 5.74) is 5.01. The fraction of sp³-hybridized carbons (Fsp3) is 0.545. The summed E-state index contributed by atoms with van der Waals surface area (Å²) in [4.78, 5) is 22.4. The Hall–Kier alpha value is -1.98. The number of hydrogen-bond donors (Lipinski definition) is 0. The third kappa shape index (κ3) is 3.71. The Balaban J connectivity index is 1.51. The van der Waals surface area contributed by atoms with Crippen LogP contribution < -0.4 is 0 Å². The number of ether oxygens (including phenoxy) is 1. The lowest BCUT2D eigenvalue weighted by atomic mass is 10.00. The van der Waals surface area contributed by atoms with Gasteiger partial charge in [-0.15, -0.1) is 0 Å². The lowest BCUT2D eigenvalue weighted by molar-refractivity contribution is 0.0433. The van der Waals surface area contributed by atoms with E-state index in [0.717, 1.165) is 67.1 Å². The van der Waals surface area contributed by atoms with Gasteiger partial charge in [0.05, 0.1) is 17.2 Å². The van der Waals surface area contributed by atoms with Gasteiger partial charge < -0.3 is 9.64 Å². The number of carbonyl (C=O) groups excluding carboxylic acids is 1. The highest BCUT2D eigenvalue weighted by Gasteiger charge is 2.26. The molecule has 1 amide bonds. The highest BCUT2D eigenvalue weighted by molar-refractivity contribution is 6.07. The zero-order chi connectivity index (χ0) is 19.0. The minimum atomic E-state index is 0.130. The lowest BCUT2D eigenvalue weighted by Crippen LogP contribution is -2.50. The molecule has 2 aliphatic rings. The minimum Gasteiger partial charge on any atom is -0.377 e. The van der Waals surface area contributed by atoms with E-state index in [2.05, 4.69) is 24.8 Å². The van der Waals surface area contributed by atoms with Crippen LogP contribution in [0.3, 0.4) is 0 Å². The minimum absolute atomic E-state index is 0.130. The van der Waals surface area contributed by atoms with E-state index in [4.69, 9.17) is 9.72 Å². The van der Waals surface area contributed by atoms with Gasteiger partial charge in [-0.2, -0.15) is 0 Å². The molecular weight excluding hydrogens is 338 g/mol. The molecule has 0 bridgehead atoms. The van der Waals surface area contributed by atoms with E-state index in [1.165, 1.54) is 18.4 Å². The first-order valence-electron chi connectivity index (χ1n) is 10.0. The Morgan fingerprint density at radius 2 is 1.96 bits per heavy atom. The van der Waals surface area contributed by atoms with Crippen molar-refractivity contribution in [3.63, 3.8) is 0 Å². The smallest absolute Gasteiger partial charge is 0.254 e. The van der Waals surface area contributed by atoms with Gasteiger partial charge >= 0.3 is 0 Å². The van der Waals surface area contributed by atoms with Crippen molar-refractivity contribution in [3.8, 4) is 0 Å². The van der Waals surface area contributed by atoms with Crippen LogP contribution in [0, 0.1) is 20.8 Å². The maximum Gasteiger partial charge on any atom is 0.254 e. The third-order valence-corrected chi connectivity index (χ3v) is 6.01. The van der Waals surface area contributed by atoms with Crippen molar-refractivity contribution >= 4 is 16.8 Å². The van der Waals surface area contributed by atoms with Gasteiger partial charge in [0, 0.05) is 50.4 Å². The second-order valence-electron chi connectivity index (χ2n) is 7.94. The van der Waals surface area contributed by atoms with Gasteiger partial charge in [0.2, 0.25) is 0 Å². The van der Waals surface area contributed by atoms with Crippen LogP contribution in [0.25, 0.3) is 10.9 Å². The summed E-state index contributed by atoms with van der Waals surface area (Å²) in [6.45, 7) is 11.4. The van der Waals surface area contributed by atoms with E-state index in [1.54, 1.807) is 0 Å². The fourth-order valence-corrected chi connectivity index (χ4v) is 4.21. The van der Waals surface area contributed by atoms with E-state index in [9.17, 15) is 4.79 Å². The van der Waals surface area contributed by atoms with Gasteiger partial charge in [-0.25, -0.2) is 0 Å². The molecule has 2 saturated heterocycles. The van der Waals surface area contributed by atoms with Crippen molar-refractivity contribution in [2.75, 3.05) is 39.3 Å². The molecular formula is C22H29N3O2. The highest BCUT2D eigenvalue weighted by atomic mass is 16.5. The fourth-order valence-electron chi connectivity index (χ4n) is 4.21. The first kappa shape index (κ1) is 18.4. The van der Waals surface area contributed by atoms with Crippen molar-refractivity contribution in [2.45, 2.75) is 39.7 Å². The monoisotopic (exact) mass is 367 g/mol. The number of amides is 1. The van der Waals surface area contributed by atoms with E-state index in [0.29, 0.717) is 6.10 Å². The van der Waals surface area contributed by atoms with Gasteiger partial charge in [-0.3, -0.25) is 14.7 Å². The lowest BCUT2D eigenvalue weighted by Gasteiger charge is -2.36. The SMILES string of the molecule is Cc1cc(C(=O)N2CCN(C[C@H]3CCCO3)CC2)c2ccc(C)c(C)c2n1. The van der Waals surface area contributed by atoms with Crippen molar-refractivity contribution in [1.82, 2.24) is 14.8 Å². The van der Waals surface area contributed by atoms with Crippen molar-refractivity contribution in [3.05, 3.63) is 40.6 Å².